The highest BCUT2D eigenvalue weighted by Crippen LogP contribution is 2.26. The summed E-state index contributed by atoms with van der Waals surface area (Å²) in [6.45, 7) is 0.341. The second kappa shape index (κ2) is 12.1. The van der Waals surface area contributed by atoms with Gasteiger partial charge in [0.1, 0.15) is 11.5 Å². The minimum atomic E-state index is -2.88. The summed E-state index contributed by atoms with van der Waals surface area (Å²) in [4.78, 5) is 4.08. The molecule has 0 aliphatic rings. The van der Waals surface area contributed by atoms with Gasteiger partial charge in [0.25, 0.3) is 0 Å². The maximum absolute atomic E-state index is 12.5. The van der Waals surface area contributed by atoms with Crippen LogP contribution < -0.4 is 20.1 Å². The van der Waals surface area contributed by atoms with E-state index >= 15 is 0 Å². The quantitative estimate of drug-likeness (QED) is 0.280. The Morgan fingerprint density at radius 2 is 2.04 bits per heavy atom. The molecular formula is C15H24F2IN3O2. The number of aliphatic imine (C=N–C) groups is 1. The molecular weight excluding hydrogens is 419 g/mol. The first-order valence-electron chi connectivity index (χ1n) is 7.17. The van der Waals surface area contributed by atoms with E-state index in [1.54, 1.807) is 19.2 Å². The highest BCUT2D eigenvalue weighted by Gasteiger charge is 2.11. The van der Waals surface area contributed by atoms with Gasteiger partial charge >= 0.3 is 6.61 Å². The molecule has 1 rings (SSSR count). The van der Waals surface area contributed by atoms with Crippen LogP contribution in [0.4, 0.5) is 8.78 Å². The highest BCUT2D eigenvalue weighted by atomic mass is 127. The monoisotopic (exact) mass is 443 g/mol. The van der Waals surface area contributed by atoms with Crippen molar-refractivity contribution in [1.82, 2.24) is 10.6 Å². The summed E-state index contributed by atoms with van der Waals surface area (Å²) in [6.07, 6.45) is 2.11. The van der Waals surface area contributed by atoms with Crippen molar-refractivity contribution in [2.75, 3.05) is 20.7 Å². The number of nitrogens with one attached hydrogen (secondary N) is 2. The van der Waals surface area contributed by atoms with Crippen molar-refractivity contribution in [3.8, 4) is 11.5 Å². The molecule has 2 N–H and O–H groups in total. The fourth-order valence-corrected chi connectivity index (χ4v) is 1.80. The van der Waals surface area contributed by atoms with Crippen molar-refractivity contribution < 1.29 is 18.3 Å². The van der Waals surface area contributed by atoms with E-state index in [0.717, 1.165) is 19.4 Å². The second-order valence-electron chi connectivity index (χ2n) is 4.56. The number of halogens is 3. The van der Waals surface area contributed by atoms with Gasteiger partial charge in [0.2, 0.25) is 0 Å². The van der Waals surface area contributed by atoms with E-state index in [1.807, 2.05) is 0 Å². The number of unbranched alkanes of at least 4 members (excludes halogenated alkanes) is 1. The van der Waals surface area contributed by atoms with Gasteiger partial charge in [0.15, 0.2) is 5.96 Å². The number of methoxy groups -OCH3 is 1. The fourth-order valence-electron chi connectivity index (χ4n) is 1.80. The maximum Gasteiger partial charge on any atom is 0.387 e. The first-order valence-corrected chi connectivity index (χ1v) is 7.17. The third kappa shape index (κ3) is 8.19. The summed E-state index contributed by atoms with van der Waals surface area (Å²) in [5.74, 6) is 1.17. The molecule has 23 heavy (non-hydrogen) atoms. The van der Waals surface area contributed by atoms with Crippen molar-refractivity contribution in [3.63, 3.8) is 0 Å². The summed E-state index contributed by atoms with van der Waals surface area (Å²) in [6, 6.07) is 4.82. The van der Waals surface area contributed by atoms with Crippen LogP contribution in [0.5, 0.6) is 11.5 Å². The van der Waals surface area contributed by atoms with Gasteiger partial charge in [-0.05, 0) is 18.6 Å². The normalized spacial score (nSPS) is 11.0. The van der Waals surface area contributed by atoms with Gasteiger partial charge in [-0.2, -0.15) is 8.78 Å². The molecule has 1 aromatic carbocycles. The standard InChI is InChI=1S/C15H23F2N3O2.HI/c1-4-5-8-19-15(18-2)20-10-11-6-7-12(21-3)9-13(11)22-14(16)17;/h6-7,9,14H,4-5,8,10H2,1-3H3,(H2,18,19,20);1H. The van der Waals surface area contributed by atoms with Crippen LogP contribution in [0.25, 0.3) is 0 Å². The summed E-state index contributed by atoms with van der Waals surface area (Å²) in [7, 11) is 3.13. The lowest BCUT2D eigenvalue weighted by Gasteiger charge is -2.15. The van der Waals surface area contributed by atoms with Gasteiger partial charge in [-0.15, -0.1) is 24.0 Å². The molecule has 1 aromatic rings. The lowest BCUT2D eigenvalue weighted by Crippen LogP contribution is -2.37. The Morgan fingerprint density at radius 1 is 1.30 bits per heavy atom. The molecule has 0 bridgehead atoms. The van der Waals surface area contributed by atoms with E-state index in [9.17, 15) is 8.78 Å². The molecule has 0 unspecified atom stereocenters. The van der Waals surface area contributed by atoms with Crippen molar-refractivity contribution in [2.24, 2.45) is 4.99 Å². The summed E-state index contributed by atoms with van der Waals surface area (Å²) >= 11 is 0. The second-order valence-corrected chi connectivity index (χ2v) is 4.56. The molecule has 0 aliphatic carbocycles. The summed E-state index contributed by atoms with van der Waals surface area (Å²) < 4.78 is 34.5. The average Bonchev–Trinajstić information content (AvgIpc) is 2.51. The van der Waals surface area contributed by atoms with Crippen LogP contribution in [0.3, 0.4) is 0 Å². The van der Waals surface area contributed by atoms with Crippen LogP contribution >= 0.6 is 24.0 Å². The molecule has 0 saturated carbocycles. The van der Waals surface area contributed by atoms with Crippen LogP contribution in [0.15, 0.2) is 23.2 Å². The first-order chi connectivity index (χ1) is 10.6. The topological polar surface area (TPSA) is 54.9 Å². The smallest absolute Gasteiger partial charge is 0.387 e. The molecule has 0 atom stereocenters. The van der Waals surface area contributed by atoms with E-state index < -0.39 is 6.61 Å². The van der Waals surface area contributed by atoms with Gasteiger partial charge in [0, 0.05) is 31.8 Å². The Morgan fingerprint density at radius 3 is 2.61 bits per heavy atom. The minimum Gasteiger partial charge on any atom is -0.497 e. The molecule has 0 aromatic heterocycles. The van der Waals surface area contributed by atoms with Gasteiger partial charge < -0.3 is 20.1 Å². The molecule has 0 saturated heterocycles. The Hall–Kier alpha value is -1.32. The van der Waals surface area contributed by atoms with Crippen LogP contribution in [0, 0.1) is 0 Å². The van der Waals surface area contributed by atoms with Crippen LogP contribution in [-0.4, -0.2) is 33.3 Å². The SMILES string of the molecule is CCCCNC(=NC)NCc1ccc(OC)cc1OC(F)F.I. The Balaban J connectivity index is 0.00000484. The van der Waals surface area contributed by atoms with E-state index in [1.165, 1.54) is 13.2 Å². The average molecular weight is 443 g/mol. The van der Waals surface area contributed by atoms with Gasteiger partial charge in [-0.1, -0.05) is 13.3 Å². The maximum atomic E-state index is 12.5. The molecule has 0 heterocycles. The van der Waals surface area contributed by atoms with Gasteiger partial charge in [0.05, 0.1) is 7.11 Å². The van der Waals surface area contributed by atoms with Crippen molar-refractivity contribution in [3.05, 3.63) is 23.8 Å². The predicted octanol–water partition coefficient (Wildman–Crippen LogP) is 3.38. The molecule has 0 radical (unpaired) electrons. The summed E-state index contributed by atoms with van der Waals surface area (Å²) in [5.41, 5.74) is 0.597. The molecule has 8 heteroatoms. The lowest BCUT2D eigenvalue weighted by molar-refractivity contribution is -0.0505. The number of rotatable bonds is 8. The largest absolute Gasteiger partial charge is 0.497 e. The highest BCUT2D eigenvalue weighted by molar-refractivity contribution is 14.0. The number of alkyl halides is 2. The molecule has 0 amide bonds. The lowest BCUT2D eigenvalue weighted by atomic mass is 10.2. The molecule has 0 fully saturated rings. The molecule has 0 aliphatic heterocycles. The van der Waals surface area contributed by atoms with Gasteiger partial charge in [-0.25, -0.2) is 0 Å². The number of hydrogen-bond donors (Lipinski definition) is 2. The van der Waals surface area contributed by atoms with E-state index in [-0.39, 0.29) is 29.7 Å². The third-order valence-corrected chi connectivity index (χ3v) is 2.98. The number of benzene rings is 1. The molecule has 132 valence electrons. The fraction of sp³-hybridized carbons (Fsp3) is 0.533. The number of hydrogen-bond acceptors (Lipinski definition) is 3. The van der Waals surface area contributed by atoms with Gasteiger partial charge in [-0.3, -0.25) is 4.99 Å². The Labute approximate surface area is 152 Å². The zero-order chi connectivity index (χ0) is 16.4. The predicted molar refractivity (Wildman–Crippen MR) is 98.2 cm³/mol. The Bertz CT molecular complexity index is 488. The van der Waals surface area contributed by atoms with E-state index in [4.69, 9.17) is 4.74 Å². The van der Waals surface area contributed by atoms with Crippen LogP contribution in [0.1, 0.15) is 25.3 Å². The number of nitrogens with zero attached hydrogens (tertiary/aromatic N) is 1. The number of guanidine groups is 1. The summed E-state index contributed by atoms with van der Waals surface area (Å²) in [5, 5.41) is 6.22. The van der Waals surface area contributed by atoms with E-state index in [2.05, 4.69) is 27.3 Å². The Kier molecular flexibility index (Phi) is 11.4. The van der Waals surface area contributed by atoms with Crippen LogP contribution in [-0.2, 0) is 6.54 Å². The zero-order valence-electron chi connectivity index (χ0n) is 13.6. The first kappa shape index (κ1) is 21.7. The van der Waals surface area contributed by atoms with Crippen molar-refractivity contribution in [2.45, 2.75) is 32.9 Å². The van der Waals surface area contributed by atoms with Crippen LogP contribution in [0.2, 0.25) is 0 Å². The third-order valence-electron chi connectivity index (χ3n) is 2.98. The minimum absolute atomic E-state index is 0. The van der Waals surface area contributed by atoms with E-state index in [0.29, 0.717) is 23.8 Å². The molecule has 5 nitrogen and oxygen atoms in total. The zero-order valence-corrected chi connectivity index (χ0v) is 15.9. The number of ether oxygens (including phenoxy) is 2. The van der Waals surface area contributed by atoms with Crippen molar-refractivity contribution in [1.29, 1.82) is 0 Å². The van der Waals surface area contributed by atoms with Crippen molar-refractivity contribution >= 4 is 29.9 Å². The molecule has 0 spiro atoms.